The van der Waals surface area contributed by atoms with E-state index in [0.29, 0.717) is 16.1 Å². The molecule has 8 heteroatoms. The Bertz CT molecular complexity index is 898. The summed E-state index contributed by atoms with van der Waals surface area (Å²) in [6, 6.07) is 3.05. The molecule has 0 aliphatic heterocycles. The summed E-state index contributed by atoms with van der Waals surface area (Å²) < 4.78 is 31.8. The molecule has 1 aromatic carbocycles. The molecule has 1 aliphatic rings. The maximum absolute atomic E-state index is 13.9. The Morgan fingerprint density at radius 2 is 2.04 bits per heavy atom. The minimum Gasteiger partial charge on any atom is -0.465 e. The van der Waals surface area contributed by atoms with Crippen molar-refractivity contribution >= 4 is 28.2 Å². The molecule has 1 aromatic heterocycles. The topological polar surface area (TPSA) is 72.0 Å². The van der Waals surface area contributed by atoms with Crippen LogP contribution >= 0.6 is 11.3 Å². The number of thiophene rings is 1. The van der Waals surface area contributed by atoms with Crippen LogP contribution in [0.2, 0.25) is 0 Å². The number of carbonyl (C=O) groups is 2. The second kappa shape index (κ2) is 8.79. The molecule has 28 heavy (non-hydrogen) atoms. The third kappa shape index (κ3) is 4.39. The van der Waals surface area contributed by atoms with Gasteiger partial charge in [0.15, 0.2) is 6.54 Å². The minimum atomic E-state index is -0.636. The molecule has 3 rings (SSSR count). The zero-order chi connectivity index (χ0) is 20.3. The number of ether oxygens (including phenoxy) is 1. The third-order valence-electron chi connectivity index (χ3n) is 4.92. The van der Waals surface area contributed by atoms with Gasteiger partial charge in [0.1, 0.15) is 22.7 Å². The number of hydrogen-bond acceptors (Lipinski definition) is 4. The number of nitrogens with one attached hydrogen (secondary N) is 1. The maximum atomic E-state index is 13.9. The molecule has 0 bridgehead atoms. The Hall–Kier alpha value is -2.32. The molecule has 5 nitrogen and oxygen atoms in total. The number of esters is 1. The van der Waals surface area contributed by atoms with E-state index in [1.165, 1.54) is 30.6 Å². The number of anilines is 1. The first-order chi connectivity index (χ1) is 13.4. The van der Waals surface area contributed by atoms with Crippen LogP contribution in [-0.2, 0) is 22.4 Å². The van der Waals surface area contributed by atoms with E-state index in [4.69, 9.17) is 4.74 Å². The minimum absolute atomic E-state index is 0.0428. The Morgan fingerprint density at radius 3 is 2.75 bits per heavy atom. The number of quaternary nitrogens is 1. The van der Waals surface area contributed by atoms with Crippen LogP contribution in [0.1, 0.15) is 52.2 Å². The van der Waals surface area contributed by atoms with Crippen LogP contribution < -0.4 is 10.6 Å². The SMILES string of the molecule is COC(=O)c1c(NC(=O)C[NH2+][C@H](C)c2ccc(F)cc2F)sc2c1CCCC2. The summed E-state index contributed by atoms with van der Waals surface area (Å²) in [6.45, 7) is 1.79. The van der Waals surface area contributed by atoms with E-state index in [9.17, 15) is 18.4 Å². The molecule has 0 saturated heterocycles. The van der Waals surface area contributed by atoms with Crippen molar-refractivity contribution < 1.29 is 28.4 Å². The van der Waals surface area contributed by atoms with Gasteiger partial charge in [0.25, 0.3) is 5.91 Å². The van der Waals surface area contributed by atoms with Crippen LogP contribution in [0.15, 0.2) is 18.2 Å². The standard InChI is InChI=1S/C20H22F2N2O3S/c1-11(13-8-7-12(21)9-15(13)22)23-10-17(25)24-19-18(20(26)27-2)14-5-3-4-6-16(14)28-19/h7-9,11,23H,3-6,10H2,1-2H3,(H,24,25)/p+1/t11-/m1/s1. The van der Waals surface area contributed by atoms with Crippen molar-refractivity contribution in [3.63, 3.8) is 0 Å². The van der Waals surface area contributed by atoms with Crippen molar-refractivity contribution in [2.75, 3.05) is 19.0 Å². The molecule has 3 N–H and O–H groups in total. The molecule has 1 amide bonds. The van der Waals surface area contributed by atoms with Gasteiger partial charge in [-0.2, -0.15) is 0 Å². The Labute approximate surface area is 166 Å². The van der Waals surface area contributed by atoms with E-state index in [0.717, 1.165) is 42.2 Å². The van der Waals surface area contributed by atoms with Crippen molar-refractivity contribution in [1.29, 1.82) is 0 Å². The first-order valence-electron chi connectivity index (χ1n) is 9.21. The molecule has 0 unspecified atom stereocenters. The number of hydrogen-bond donors (Lipinski definition) is 2. The fourth-order valence-electron chi connectivity index (χ4n) is 3.43. The molecule has 1 aliphatic carbocycles. The summed E-state index contributed by atoms with van der Waals surface area (Å²) in [7, 11) is 1.33. The highest BCUT2D eigenvalue weighted by Crippen LogP contribution is 2.38. The average molecular weight is 409 g/mol. The maximum Gasteiger partial charge on any atom is 0.341 e. The molecule has 0 fully saturated rings. The number of nitrogens with two attached hydrogens (primary N) is 1. The fraction of sp³-hybridized carbons (Fsp3) is 0.400. The van der Waals surface area contributed by atoms with Gasteiger partial charge >= 0.3 is 5.97 Å². The van der Waals surface area contributed by atoms with E-state index < -0.39 is 17.6 Å². The number of aryl methyl sites for hydroxylation is 1. The lowest BCUT2D eigenvalue weighted by Gasteiger charge is -2.13. The van der Waals surface area contributed by atoms with Gasteiger partial charge in [-0.05, 0) is 50.3 Å². The van der Waals surface area contributed by atoms with Crippen molar-refractivity contribution in [3.8, 4) is 0 Å². The highest BCUT2D eigenvalue weighted by atomic mass is 32.1. The lowest BCUT2D eigenvalue weighted by atomic mass is 9.95. The molecule has 1 atom stereocenters. The largest absolute Gasteiger partial charge is 0.465 e. The summed E-state index contributed by atoms with van der Waals surface area (Å²) in [5.74, 6) is -2.01. The lowest BCUT2D eigenvalue weighted by Crippen LogP contribution is -2.86. The van der Waals surface area contributed by atoms with Gasteiger partial charge in [-0.25, -0.2) is 13.6 Å². The van der Waals surface area contributed by atoms with Crippen molar-refractivity contribution in [2.45, 2.75) is 38.6 Å². The summed E-state index contributed by atoms with van der Waals surface area (Å²) in [6.07, 6.45) is 3.78. The Balaban J connectivity index is 1.68. The van der Waals surface area contributed by atoms with Gasteiger partial charge < -0.3 is 15.4 Å². The van der Waals surface area contributed by atoms with Crippen LogP contribution in [0.4, 0.5) is 13.8 Å². The first-order valence-corrected chi connectivity index (χ1v) is 10.0. The number of benzene rings is 1. The van der Waals surface area contributed by atoms with E-state index in [1.54, 1.807) is 12.2 Å². The molecule has 0 spiro atoms. The van der Waals surface area contributed by atoms with Gasteiger partial charge in [-0.3, -0.25) is 4.79 Å². The molecule has 1 heterocycles. The second-order valence-corrected chi connectivity index (χ2v) is 7.95. The van der Waals surface area contributed by atoms with E-state index in [1.807, 2.05) is 0 Å². The lowest BCUT2D eigenvalue weighted by molar-refractivity contribution is -0.682. The van der Waals surface area contributed by atoms with Crippen molar-refractivity contribution in [1.82, 2.24) is 0 Å². The molecule has 150 valence electrons. The van der Waals surface area contributed by atoms with Crippen LogP contribution in [0.5, 0.6) is 0 Å². The Kier molecular flexibility index (Phi) is 6.41. The van der Waals surface area contributed by atoms with E-state index >= 15 is 0 Å². The fourth-order valence-corrected chi connectivity index (χ4v) is 4.72. The van der Waals surface area contributed by atoms with E-state index in [-0.39, 0.29) is 18.5 Å². The predicted molar refractivity (Wildman–Crippen MR) is 102 cm³/mol. The van der Waals surface area contributed by atoms with Crippen molar-refractivity contribution in [3.05, 3.63) is 51.4 Å². The van der Waals surface area contributed by atoms with Crippen LogP contribution in [-0.4, -0.2) is 25.5 Å². The molecule has 0 radical (unpaired) electrons. The monoisotopic (exact) mass is 409 g/mol. The third-order valence-corrected chi connectivity index (χ3v) is 6.13. The molecular weight excluding hydrogens is 386 g/mol. The van der Waals surface area contributed by atoms with Gasteiger partial charge in [0, 0.05) is 16.5 Å². The quantitative estimate of drug-likeness (QED) is 0.721. The van der Waals surface area contributed by atoms with Gasteiger partial charge in [-0.15, -0.1) is 11.3 Å². The normalized spacial score (nSPS) is 14.3. The highest BCUT2D eigenvalue weighted by molar-refractivity contribution is 7.17. The molecule has 2 aromatic rings. The average Bonchev–Trinajstić information content (AvgIpc) is 3.03. The summed E-state index contributed by atoms with van der Waals surface area (Å²) in [4.78, 5) is 25.8. The smallest absolute Gasteiger partial charge is 0.341 e. The van der Waals surface area contributed by atoms with Crippen LogP contribution in [0.3, 0.4) is 0 Å². The number of methoxy groups -OCH3 is 1. The summed E-state index contributed by atoms with van der Waals surface area (Å²) in [5, 5.41) is 4.98. The number of carbonyl (C=O) groups excluding carboxylic acids is 2. The zero-order valence-electron chi connectivity index (χ0n) is 15.8. The number of fused-ring (bicyclic) bond motifs is 1. The summed E-state index contributed by atoms with van der Waals surface area (Å²) in [5.41, 5.74) is 1.76. The number of amides is 1. The molecular formula is C20H23F2N2O3S+. The number of rotatable bonds is 6. The van der Waals surface area contributed by atoms with Crippen LogP contribution in [0.25, 0.3) is 0 Å². The Morgan fingerprint density at radius 1 is 1.29 bits per heavy atom. The highest BCUT2D eigenvalue weighted by Gasteiger charge is 2.27. The predicted octanol–water partition coefficient (Wildman–Crippen LogP) is 2.95. The van der Waals surface area contributed by atoms with Crippen LogP contribution in [0, 0.1) is 11.6 Å². The number of halogens is 2. The second-order valence-electron chi connectivity index (χ2n) is 6.85. The summed E-state index contributed by atoms with van der Waals surface area (Å²) >= 11 is 1.42. The van der Waals surface area contributed by atoms with Gasteiger partial charge in [0.05, 0.1) is 12.7 Å². The van der Waals surface area contributed by atoms with Gasteiger partial charge in [-0.1, -0.05) is 0 Å². The molecule has 0 saturated carbocycles. The van der Waals surface area contributed by atoms with Gasteiger partial charge in [0.2, 0.25) is 0 Å². The zero-order valence-corrected chi connectivity index (χ0v) is 16.6. The van der Waals surface area contributed by atoms with Crippen molar-refractivity contribution in [2.24, 2.45) is 0 Å². The van der Waals surface area contributed by atoms with E-state index in [2.05, 4.69) is 5.32 Å². The first kappa shape index (κ1) is 20.4.